The van der Waals surface area contributed by atoms with Crippen molar-refractivity contribution in [3.05, 3.63) is 11.6 Å². The van der Waals surface area contributed by atoms with Gasteiger partial charge in [-0.3, -0.25) is 0 Å². The van der Waals surface area contributed by atoms with E-state index in [9.17, 15) is 26.3 Å². The third-order valence-electron chi connectivity index (χ3n) is 1.10. The molecule has 0 heterocycles. The number of rotatable bonds is 1. The third kappa shape index (κ3) is 4.76. The van der Waals surface area contributed by atoms with Crippen LogP contribution < -0.4 is 0 Å². The Morgan fingerprint density at radius 3 is 1.62 bits per heavy atom. The summed E-state index contributed by atoms with van der Waals surface area (Å²) in [6.45, 7) is 0.616. The van der Waals surface area contributed by atoms with Gasteiger partial charge < -0.3 is 5.11 Å². The Morgan fingerprint density at radius 1 is 1.15 bits per heavy atom. The Kier molecular flexibility index (Phi) is 3.37. The summed E-state index contributed by atoms with van der Waals surface area (Å²) in [6.07, 6.45) is -13.4. The molecule has 0 bridgehead atoms. The van der Waals surface area contributed by atoms with Crippen LogP contribution in [0.3, 0.4) is 0 Å². The van der Waals surface area contributed by atoms with Crippen LogP contribution in [0.5, 0.6) is 0 Å². The lowest BCUT2D eigenvalue weighted by molar-refractivity contribution is -0.117. The van der Waals surface area contributed by atoms with Gasteiger partial charge in [0.15, 0.2) is 0 Å². The second-order valence-electron chi connectivity index (χ2n) is 2.32. The van der Waals surface area contributed by atoms with Crippen molar-refractivity contribution in [3.63, 3.8) is 0 Å². The molecule has 0 saturated heterocycles. The van der Waals surface area contributed by atoms with Crippen LogP contribution in [0.1, 0.15) is 6.92 Å². The van der Waals surface area contributed by atoms with Gasteiger partial charge in [-0.15, -0.1) is 0 Å². The van der Waals surface area contributed by atoms with Gasteiger partial charge in [-0.05, 0) is 6.92 Å². The standard InChI is InChI=1S/C6H6F6O/c1-3(13)4(6(10,11)12)2-5(7,8)9/h2-3,13H,1H3/b4-2+. The first-order chi connectivity index (χ1) is 5.54. The van der Waals surface area contributed by atoms with Crippen molar-refractivity contribution in [2.75, 3.05) is 0 Å². The quantitative estimate of drug-likeness (QED) is 0.518. The molecule has 0 aromatic heterocycles. The number of halogens is 6. The number of allylic oxidation sites excluding steroid dienone is 1. The van der Waals surface area contributed by atoms with Crippen LogP contribution in [0.25, 0.3) is 0 Å². The van der Waals surface area contributed by atoms with Crippen molar-refractivity contribution < 1.29 is 31.4 Å². The fraction of sp³-hybridized carbons (Fsp3) is 0.667. The van der Waals surface area contributed by atoms with Crippen molar-refractivity contribution in [1.29, 1.82) is 0 Å². The van der Waals surface area contributed by atoms with E-state index < -0.39 is 30.1 Å². The van der Waals surface area contributed by atoms with Gasteiger partial charge >= 0.3 is 12.4 Å². The van der Waals surface area contributed by atoms with Gasteiger partial charge in [-0.1, -0.05) is 0 Å². The highest BCUT2D eigenvalue weighted by Crippen LogP contribution is 2.32. The van der Waals surface area contributed by atoms with Crippen molar-refractivity contribution in [1.82, 2.24) is 0 Å². The van der Waals surface area contributed by atoms with E-state index in [1.54, 1.807) is 0 Å². The third-order valence-corrected chi connectivity index (χ3v) is 1.10. The number of aliphatic hydroxyl groups is 1. The molecule has 0 radical (unpaired) electrons. The van der Waals surface area contributed by atoms with Gasteiger partial charge in [-0.25, -0.2) is 0 Å². The molecule has 0 saturated carbocycles. The Labute approximate surface area is 69.7 Å². The molecule has 0 aromatic carbocycles. The summed E-state index contributed by atoms with van der Waals surface area (Å²) >= 11 is 0. The summed E-state index contributed by atoms with van der Waals surface area (Å²) in [4.78, 5) is 0. The van der Waals surface area contributed by atoms with Gasteiger partial charge in [0.25, 0.3) is 0 Å². The minimum absolute atomic E-state index is 0.616. The highest BCUT2D eigenvalue weighted by Gasteiger charge is 2.40. The van der Waals surface area contributed by atoms with Crippen LogP contribution in [-0.2, 0) is 0 Å². The summed E-state index contributed by atoms with van der Waals surface area (Å²) in [5.74, 6) is 0. The van der Waals surface area contributed by atoms with Crippen LogP contribution in [0.4, 0.5) is 26.3 Å². The van der Waals surface area contributed by atoms with Gasteiger partial charge in [0.2, 0.25) is 0 Å². The maximum Gasteiger partial charge on any atom is 0.415 e. The molecule has 0 spiro atoms. The van der Waals surface area contributed by atoms with E-state index in [2.05, 4.69) is 0 Å². The minimum atomic E-state index is -5.16. The predicted molar refractivity (Wildman–Crippen MR) is 31.9 cm³/mol. The Balaban J connectivity index is 4.95. The monoisotopic (exact) mass is 208 g/mol. The Hall–Kier alpha value is -0.720. The van der Waals surface area contributed by atoms with Gasteiger partial charge in [-0.2, -0.15) is 26.3 Å². The van der Waals surface area contributed by atoms with Crippen molar-refractivity contribution in [2.24, 2.45) is 0 Å². The molecule has 1 unspecified atom stereocenters. The molecule has 1 atom stereocenters. The highest BCUT2D eigenvalue weighted by molar-refractivity contribution is 5.15. The fourth-order valence-corrected chi connectivity index (χ4v) is 0.616. The zero-order valence-corrected chi connectivity index (χ0v) is 6.37. The van der Waals surface area contributed by atoms with Crippen molar-refractivity contribution >= 4 is 0 Å². The molecule has 0 aliphatic heterocycles. The lowest BCUT2D eigenvalue weighted by Crippen LogP contribution is -2.24. The second-order valence-corrected chi connectivity index (χ2v) is 2.32. The van der Waals surface area contributed by atoms with E-state index in [0.717, 1.165) is 0 Å². The summed E-state index contributed by atoms with van der Waals surface area (Å²) in [5, 5.41) is 8.42. The number of aliphatic hydroxyl groups excluding tert-OH is 1. The molecule has 0 fully saturated rings. The molecule has 13 heavy (non-hydrogen) atoms. The SMILES string of the molecule is CC(O)/C(=C\C(F)(F)F)C(F)(F)F. The maximum absolute atomic E-state index is 11.8. The Morgan fingerprint density at radius 2 is 1.54 bits per heavy atom. The molecular formula is C6H6F6O. The Bertz CT molecular complexity index is 198. The zero-order valence-electron chi connectivity index (χ0n) is 6.37. The average molecular weight is 208 g/mol. The number of hydrogen-bond acceptors (Lipinski definition) is 1. The molecule has 0 amide bonds. The summed E-state index contributed by atoms with van der Waals surface area (Å²) < 4.78 is 69.8. The molecule has 0 aliphatic carbocycles. The van der Waals surface area contributed by atoms with Gasteiger partial charge in [0, 0.05) is 6.08 Å². The average Bonchev–Trinajstić information content (AvgIpc) is 1.77. The normalized spacial score (nSPS) is 17.4. The number of alkyl halides is 6. The van der Waals surface area contributed by atoms with Crippen LogP contribution >= 0.6 is 0 Å². The van der Waals surface area contributed by atoms with E-state index in [0.29, 0.717) is 6.92 Å². The number of hydrogen-bond donors (Lipinski definition) is 1. The van der Waals surface area contributed by atoms with E-state index in [1.165, 1.54) is 0 Å². The molecule has 1 nitrogen and oxygen atoms in total. The van der Waals surface area contributed by atoms with E-state index >= 15 is 0 Å². The molecule has 0 aliphatic rings. The van der Waals surface area contributed by atoms with Crippen LogP contribution in [0, 0.1) is 0 Å². The maximum atomic E-state index is 11.8. The van der Waals surface area contributed by atoms with Crippen molar-refractivity contribution in [3.8, 4) is 0 Å². The molecule has 0 rings (SSSR count). The summed E-state index contributed by atoms with van der Waals surface area (Å²) in [5.41, 5.74) is -2.00. The highest BCUT2D eigenvalue weighted by atomic mass is 19.4. The van der Waals surface area contributed by atoms with E-state index in [-0.39, 0.29) is 0 Å². The van der Waals surface area contributed by atoms with Crippen LogP contribution in [0.15, 0.2) is 11.6 Å². The van der Waals surface area contributed by atoms with E-state index in [1.807, 2.05) is 0 Å². The van der Waals surface area contributed by atoms with Crippen LogP contribution in [-0.4, -0.2) is 23.6 Å². The minimum Gasteiger partial charge on any atom is -0.389 e. The molecular weight excluding hydrogens is 202 g/mol. The summed E-state index contributed by atoms with van der Waals surface area (Å²) in [7, 11) is 0. The first-order valence-electron chi connectivity index (χ1n) is 3.09. The molecule has 78 valence electrons. The van der Waals surface area contributed by atoms with Gasteiger partial charge in [0.1, 0.15) is 0 Å². The lowest BCUT2D eigenvalue weighted by Gasteiger charge is -2.14. The summed E-state index contributed by atoms with van der Waals surface area (Å²) in [6, 6.07) is 0. The van der Waals surface area contributed by atoms with Crippen molar-refractivity contribution in [2.45, 2.75) is 25.4 Å². The van der Waals surface area contributed by atoms with Gasteiger partial charge in [0.05, 0.1) is 11.7 Å². The zero-order chi connectivity index (χ0) is 10.9. The van der Waals surface area contributed by atoms with Crippen LogP contribution in [0.2, 0.25) is 0 Å². The first kappa shape index (κ1) is 12.3. The smallest absolute Gasteiger partial charge is 0.389 e. The molecule has 7 heteroatoms. The largest absolute Gasteiger partial charge is 0.415 e. The second kappa shape index (κ2) is 3.57. The van der Waals surface area contributed by atoms with E-state index in [4.69, 9.17) is 5.11 Å². The predicted octanol–water partition coefficient (Wildman–Crippen LogP) is 2.42. The first-order valence-corrected chi connectivity index (χ1v) is 3.09. The lowest BCUT2D eigenvalue weighted by atomic mass is 10.1. The molecule has 1 N–H and O–H groups in total. The molecule has 0 aromatic rings. The fourth-order valence-electron chi connectivity index (χ4n) is 0.616. The topological polar surface area (TPSA) is 20.2 Å².